The number of hydroxylamine groups is 2. The van der Waals surface area contributed by atoms with E-state index in [0.29, 0.717) is 5.56 Å². The first-order valence-electron chi connectivity index (χ1n) is 7.02. The molecule has 0 unspecified atom stereocenters. The molecule has 122 valence electrons. The third-order valence-corrected chi connectivity index (χ3v) is 3.75. The lowest BCUT2D eigenvalue weighted by atomic mass is 10.1. The number of benzene rings is 1. The number of nitrogens with zero attached hydrogens (tertiary/aromatic N) is 3. The quantitative estimate of drug-likeness (QED) is 0.791. The number of amides is 1. The van der Waals surface area contributed by atoms with Gasteiger partial charge in [0.25, 0.3) is 5.91 Å². The fourth-order valence-corrected chi connectivity index (χ4v) is 1.54. The molecule has 0 N–H and O–H groups in total. The summed E-state index contributed by atoms with van der Waals surface area (Å²) in [4.78, 5) is 33.3. The predicted octanol–water partition coefficient (Wildman–Crippen LogP) is 1.62. The highest BCUT2D eigenvalue weighted by Gasteiger charge is 2.34. The van der Waals surface area contributed by atoms with E-state index in [1.807, 2.05) is 31.1 Å². The number of hydrogen-bond acceptors (Lipinski definition) is 5. The van der Waals surface area contributed by atoms with Crippen molar-refractivity contribution < 1.29 is 14.4 Å². The van der Waals surface area contributed by atoms with Crippen molar-refractivity contribution in [2.75, 3.05) is 40.1 Å². The minimum absolute atomic E-state index is 0.367. The van der Waals surface area contributed by atoms with E-state index < -0.39 is 11.5 Å². The highest BCUT2D eigenvalue weighted by Crippen LogP contribution is 2.16. The van der Waals surface area contributed by atoms with Crippen LogP contribution in [0.1, 0.15) is 24.2 Å². The fourth-order valence-electron chi connectivity index (χ4n) is 1.54. The molecule has 0 aliphatic carbocycles. The molecule has 1 rings (SSSR count). The molecule has 0 radical (unpaired) electrons. The molecule has 1 amide bonds. The molecule has 0 spiro atoms. The van der Waals surface area contributed by atoms with Gasteiger partial charge in [0.2, 0.25) is 0 Å². The average Bonchev–Trinajstić information content (AvgIpc) is 2.46. The lowest BCUT2D eigenvalue weighted by molar-refractivity contribution is -0.184. The SMILES string of the molecule is CN(OC(=O)C(C)(C)N(C)C)C(=O)c1ccc(N(C)C)cc1. The van der Waals surface area contributed by atoms with Crippen molar-refractivity contribution in [1.82, 2.24) is 9.96 Å². The third kappa shape index (κ3) is 3.98. The van der Waals surface area contributed by atoms with Gasteiger partial charge >= 0.3 is 5.97 Å². The van der Waals surface area contributed by atoms with E-state index in [9.17, 15) is 9.59 Å². The first-order chi connectivity index (χ1) is 10.1. The summed E-state index contributed by atoms with van der Waals surface area (Å²) in [5.41, 5.74) is 0.636. The highest BCUT2D eigenvalue weighted by atomic mass is 16.7. The summed E-state index contributed by atoms with van der Waals surface area (Å²) < 4.78 is 0. The Morgan fingerprint density at radius 3 is 1.86 bits per heavy atom. The topological polar surface area (TPSA) is 53.1 Å². The molecule has 0 atom stereocenters. The summed E-state index contributed by atoms with van der Waals surface area (Å²) >= 11 is 0. The Kier molecular flexibility index (Phi) is 5.54. The maximum absolute atomic E-state index is 12.3. The number of anilines is 1. The number of carbonyl (C=O) groups excluding carboxylic acids is 2. The minimum Gasteiger partial charge on any atom is -0.378 e. The average molecular weight is 307 g/mol. The van der Waals surface area contributed by atoms with Crippen LogP contribution >= 0.6 is 0 Å². The minimum atomic E-state index is -0.816. The fraction of sp³-hybridized carbons (Fsp3) is 0.500. The molecule has 0 aromatic heterocycles. The summed E-state index contributed by atoms with van der Waals surface area (Å²) in [7, 11) is 8.85. The number of carbonyl (C=O) groups is 2. The van der Waals surface area contributed by atoms with Gasteiger partial charge in [-0.1, -0.05) is 0 Å². The molecule has 0 aliphatic rings. The van der Waals surface area contributed by atoms with Gasteiger partial charge in [-0.2, -0.15) is 5.06 Å². The maximum atomic E-state index is 12.3. The molecule has 6 nitrogen and oxygen atoms in total. The smallest absolute Gasteiger partial charge is 0.351 e. The Balaban J connectivity index is 2.79. The molecule has 1 aromatic carbocycles. The molecule has 0 aliphatic heterocycles. The van der Waals surface area contributed by atoms with Crippen LogP contribution in [0.4, 0.5) is 5.69 Å². The van der Waals surface area contributed by atoms with Crippen molar-refractivity contribution in [3.63, 3.8) is 0 Å². The van der Waals surface area contributed by atoms with E-state index in [4.69, 9.17) is 4.84 Å². The molecule has 0 heterocycles. The van der Waals surface area contributed by atoms with Crippen molar-refractivity contribution in [3.05, 3.63) is 29.8 Å². The van der Waals surface area contributed by atoms with Crippen molar-refractivity contribution in [3.8, 4) is 0 Å². The van der Waals surface area contributed by atoms with Gasteiger partial charge < -0.3 is 9.74 Å². The Labute approximate surface area is 132 Å². The predicted molar refractivity (Wildman–Crippen MR) is 86.7 cm³/mol. The second kappa shape index (κ2) is 6.79. The van der Waals surface area contributed by atoms with Crippen molar-refractivity contribution >= 4 is 17.6 Å². The molecule has 0 bridgehead atoms. The zero-order chi connectivity index (χ0) is 17.1. The lowest BCUT2D eigenvalue weighted by Gasteiger charge is -2.31. The molecule has 1 aromatic rings. The summed E-state index contributed by atoms with van der Waals surface area (Å²) in [5, 5.41) is 0.970. The Hall–Kier alpha value is -2.08. The van der Waals surface area contributed by atoms with Crippen LogP contribution in [0.5, 0.6) is 0 Å². The van der Waals surface area contributed by atoms with E-state index in [1.165, 1.54) is 7.05 Å². The van der Waals surface area contributed by atoms with Crippen LogP contribution < -0.4 is 4.90 Å². The van der Waals surface area contributed by atoms with E-state index in [1.54, 1.807) is 45.0 Å². The van der Waals surface area contributed by atoms with Crippen molar-refractivity contribution in [1.29, 1.82) is 0 Å². The monoisotopic (exact) mass is 307 g/mol. The van der Waals surface area contributed by atoms with Crippen LogP contribution in [-0.2, 0) is 9.63 Å². The van der Waals surface area contributed by atoms with E-state index in [2.05, 4.69) is 0 Å². The third-order valence-electron chi connectivity index (χ3n) is 3.75. The number of hydrogen-bond donors (Lipinski definition) is 0. The summed E-state index contributed by atoms with van der Waals surface area (Å²) in [6.45, 7) is 3.47. The Morgan fingerprint density at radius 1 is 0.955 bits per heavy atom. The van der Waals surface area contributed by atoms with Gasteiger partial charge in [0.05, 0.1) is 0 Å². The van der Waals surface area contributed by atoms with E-state index in [0.717, 1.165) is 10.8 Å². The second-order valence-corrected chi connectivity index (χ2v) is 6.08. The highest BCUT2D eigenvalue weighted by molar-refractivity contribution is 5.94. The molecule has 0 saturated carbocycles. The molecular weight excluding hydrogens is 282 g/mol. The molecule has 22 heavy (non-hydrogen) atoms. The molecule has 6 heteroatoms. The number of likely N-dealkylation sites (N-methyl/N-ethyl adjacent to an activating group) is 1. The molecule has 0 saturated heterocycles. The van der Waals surface area contributed by atoms with Crippen LogP contribution in [0, 0.1) is 0 Å². The Morgan fingerprint density at radius 2 is 1.45 bits per heavy atom. The first-order valence-corrected chi connectivity index (χ1v) is 7.02. The van der Waals surface area contributed by atoms with Crippen LogP contribution in [-0.4, -0.2) is 62.6 Å². The van der Waals surface area contributed by atoms with Crippen LogP contribution in [0.25, 0.3) is 0 Å². The largest absolute Gasteiger partial charge is 0.378 e. The normalized spacial score (nSPS) is 11.3. The summed E-state index contributed by atoms with van der Waals surface area (Å²) in [6, 6.07) is 7.09. The van der Waals surface area contributed by atoms with Crippen LogP contribution in [0.3, 0.4) is 0 Å². The van der Waals surface area contributed by atoms with Gasteiger partial charge in [0, 0.05) is 32.4 Å². The zero-order valence-corrected chi connectivity index (χ0v) is 14.4. The second-order valence-electron chi connectivity index (χ2n) is 6.08. The van der Waals surface area contributed by atoms with Crippen LogP contribution in [0.2, 0.25) is 0 Å². The Bertz CT molecular complexity index is 536. The number of rotatable bonds is 4. The van der Waals surface area contributed by atoms with Gasteiger partial charge in [-0.3, -0.25) is 9.69 Å². The van der Waals surface area contributed by atoms with Gasteiger partial charge in [-0.05, 0) is 52.2 Å². The molecular formula is C16H25N3O3. The zero-order valence-electron chi connectivity index (χ0n) is 14.4. The summed E-state index contributed by atoms with van der Waals surface area (Å²) in [5.74, 6) is -0.855. The van der Waals surface area contributed by atoms with Gasteiger partial charge in [-0.25, -0.2) is 4.79 Å². The summed E-state index contributed by atoms with van der Waals surface area (Å²) in [6.07, 6.45) is 0. The van der Waals surface area contributed by atoms with E-state index in [-0.39, 0.29) is 5.91 Å². The molecule has 0 fully saturated rings. The lowest BCUT2D eigenvalue weighted by Crippen LogP contribution is -2.49. The van der Waals surface area contributed by atoms with E-state index >= 15 is 0 Å². The first kappa shape index (κ1) is 18.0. The maximum Gasteiger partial charge on any atom is 0.351 e. The standard InChI is InChI=1S/C16H25N3O3/c1-16(2,18(5)6)15(21)22-19(7)14(20)12-8-10-13(11-9-12)17(3)4/h8-11H,1-7H3. The van der Waals surface area contributed by atoms with Gasteiger partial charge in [0.15, 0.2) is 0 Å². The van der Waals surface area contributed by atoms with Crippen molar-refractivity contribution in [2.24, 2.45) is 0 Å². The van der Waals surface area contributed by atoms with Gasteiger partial charge in [-0.15, -0.1) is 0 Å². The van der Waals surface area contributed by atoms with Crippen LogP contribution in [0.15, 0.2) is 24.3 Å². The van der Waals surface area contributed by atoms with Gasteiger partial charge in [0.1, 0.15) is 5.54 Å². The van der Waals surface area contributed by atoms with Crippen molar-refractivity contribution in [2.45, 2.75) is 19.4 Å².